The van der Waals surface area contributed by atoms with Gasteiger partial charge in [-0.25, -0.2) is 4.79 Å². The van der Waals surface area contributed by atoms with Crippen molar-refractivity contribution in [2.75, 3.05) is 13.7 Å². The number of allylic oxidation sites excluding steroid dienone is 2. The average molecular weight is 350 g/mol. The predicted octanol–water partition coefficient (Wildman–Crippen LogP) is 2.41. The molecule has 6 nitrogen and oxygen atoms in total. The number of rotatable bonds is 6. The highest BCUT2D eigenvalue weighted by Gasteiger charge is 2.53. The summed E-state index contributed by atoms with van der Waals surface area (Å²) in [6, 6.07) is 0. The van der Waals surface area contributed by atoms with E-state index in [1.165, 1.54) is 7.11 Å². The molecule has 0 aromatic rings. The normalized spacial score (nSPS) is 31.8. The Bertz CT molecular complexity index is 574. The summed E-state index contributed by atoms with van der Waals surface area (Å²) in [7, 11) is 1.32. The van der Waals surface area contributed by atoms with Crippen LogP contribution in [0.2, 0.25) is 0 Å². The predicted molar refractivity (Wildman–Crippen MR) is 88.3 cm³/mol. The molecule has 6 heteroatoms. The summed E-state index contributed by atoms with van der Waals surface area (Å²) in [6.07, 6.45) is 9.29. The van der Waals surface area contributed by atoms with Crippen molar-refractivity contribution in [3.8, 4) is 0 Å². The summed E-state index contributed by atoms with van der Waals surface area (Å²) in [5.41, 5.74) is -0.396. The second kappa shape index (κ2) is 7.18. The molecule has 3 aliphatic rings. The third kappa shape index (κ3) is 3.44. The summed E-state index contributed by atoms with van der Waals surface area (Å²) in [4.78, 5) is 36.6. The Morgan fingerprint density at radius 1 is 1.04 bits per heavy atom. The number of ether oxygens (including phenoxy) is 3. The molecule has 4 unspecified atom stereocenters. The number of methoxy groups -OCH3 is 1. The van der Waals surface area contributed by atoms with Crippen molar-refractivity contribution in [2.24, 2.45) is 23.7 Å². The van der Waals surface area contributed by atoms with E-state index in [1.54, 1.807) is 0 Å². The van der Waals surface area contributed by atoms with E-state index in [9.17, 15) is 14.4 Å². The smallest absolute Gasteiger partial charge is 0.344 e. The van der Waals surface area contributed by atoms with Gasteiger partial charge in [-0.3, -0.25) is 9.59 Å². The lowest BCUT2D eigenvalue weighted by molar-refractivity contribution is -0.173. The molecule has 0 aromatic heterocycles. The summed E-state index contributed by atoms with van der Waals surface area (Å²) in [5.74, 6) is -2.50. The minimum Gasteiger partial charge on any atom is -0.469 e. The van der Waals surface area contributed by atoms with E-state index in [-0.39, 0.29) is 11.8 Å². The lowest BCUT2D eigenvalue weighted by Crippen LogP contribution is -2.37. The lowest BCUT2D eigenvalue weighted by atomic mass is 9.83. The molecule has 2 fully saturated rings. The molecule has 0 aromatic carbocycles. The fourth-order valence-corrected chi connectivity index (χ4v) is 4.65. The largest absolute Gasteiger partial charge is 0.469 e. The molecule has 3 aliphatic carbocycles. The molecule has 25 heavy (non-hydrogen) atoms. The van der Waals surface area contributed by atoms with Gasteiger partial charge in [0.2, 0.25) is 0 Å². The minimum absolute atomic E-state index is 0.0174. The second-order valence-electron chi connectivity index (χ2n) is 7.35. The van der Waals surface area contributed by atoms with E-state index >= 15 is 0 Å². The number of esters is 3. The first kappa shape index (κ1) is 18.0. The zero-order valence-electron chi connectivity index (χ0n) is 14.9. The average Bonchev–Trinajstić information content (AvgIpc) is 3.34. The van der Waals surface area contributed by atoms with E-state index in [1.807, 2.05) is 19.1 Å². The Hall–Kier alpha value is -1.85. The van der Waals surface area contributed by atoms with Gasteiger partial charge in [-0.2, -0.15) is 0 Å². The van der Waals surface area contributed by atoms with Crippen LogP contribution in [0.5, 0.6) is 0 Å². The van der Waals surface area contributed by atoms with Crippen LogP contribution in [-0.2, 0) is 28.6 Å². The zero-order chi connectivity index (χ0) is 18.0. The van der Waals surface area contributed by atoms with E-state index < -0.39 is 42.0 Å². The zero-order valence-corrected chi connectivity index (χ0v) is 14.9. The van der Waals surface area contributed by atoms with Gasteiger partial charge in [-0.15, -0.1) is 0 Å². The van der Waals surface area contributed by atoms with Crippen LogP contribution in [0.15, 0.2) is 12.2 Å². The first-order chi connectivity index (χ1) is 12.0. The van der Waals surface area contributed by atoms with Gasteiger partial charge in [0, 0.05) is 0 Å². The molecule has 4 atom stereocenters. The van der Waals surface area contributed by atoms with Gasteiger partial charge in [0.1, 0.15) is 5.60 Å². The van der Waals surface area contributed by atoms with Crippen molar-refractivity contribution in [1.29, 1.82) is 0 Å². The second-order valence-corrected chi connectivity index (χ2v) is 7.35. The molecule has 2 saturated carbocycles. The molecule has 0 N–H and O–H groups in total. The van der Waals surface area contributed by atoms with Crippen LogP contribution in [0.4, 0.5) is 0 Å². The fourth-order valence-electron chi connectivity index (χ4n) is 4.65. The van der Waals surface area contributed by atoms with Gasteiger partial charge >= 0.3 is 17.9 Å². The van der Waals surface area contributed by atoms with Crippen LogP contribution in [0.3, 0.4) is 0 Å². The SMILES string of the molecule is CCC1(OC(=O)COC(=O)C2C3C=CC(C3)C2C(=O)OC)CCCC1. The van der Waals surface area contributed by atoms with Gasteiger partial charge in [0.15, 0.2) is 6.61 Å². The highest BCUT2D eigenvalue weighted by atomic mass is 16.6. The topological polar surface area (TPSA) is 78.9 Å². The molecule has 0 amide bonds. The van der Waals surface area contributed by atoms with Crippen LogP contribution in [0, 0.1) is 23.7 Å². The van der Waals surface area contributed by atoms with Gasteiger partial charge in [-0.1, -0.05) is 19.1 Å². The maximum atomic E-state index is 12.5. The molecule has 0 aliphatic heterocycles. The summed E-state index contributed by atoms with van der Waals surface area (Å²) in [6.45, 7) is 1.61. The summed E-state index contributed by atoms with van der Waals surface area (Å²) >= 11 is 0. The van der Waals surface area contributed by atoms with Crippen molar-refractivity contribution >= 4 is 17.9 Å². The van der Waals surface area contributed by atoms with E-state index in [0.29, 0.717) is 0 Å². The van der Waals surface area contributed by atoms with Gasteiger partial charge in [0.25, 0.3) is 0 Å². The molecule has 0 radical (unpaired) electrons. The molecule has 3 rings (SSSR count). The van der Waals surface area contributed by atoms with Crippen molar-refractivity contribution < 1.29 is 28.6 Å². The molecule has 0 saturated heterocycles. The quantitative estimate of drug-likeness (QED) is 0.416. The number of carbonyl (C=O) groups is 3. The summed E-state index contributed by atoms with van der Waals surface area (Å²) in [5, 5.41) is 0. The van der Waals surface area contributed by atoms with Crippen LogP contribution >= 0.6 is 0 Å². The highest BCUT2D eigenvalue weighted by Crippen LogP contribution is 2.49. The minimum atomic E-state index is -0.568. The first-order valence-electron chi connectivity index (χ1n) is 9.14. The first-order valence-corrected chi connectivity index (χ1v) is 9.14. The maximum Gasteiger partial charge on any atom is 0.344 e. The Kier molecular flexibility index (Phi) is 5.16. The number of hydrogen-bond donors (Lipinski definition) is 0. The van der Waals surface area contributed by atoms with Gasteiger partial charge < -0.3 is 14.2 Å². The third-order valence-corrected chi connectivity index (χ3v) is 6.03. The van der Waals surface area contributed by atoms with E-state index in [0.717, 1.165) is 38.5 Å². The molecule has 0 heterocycles. The van der Waals surface area contributed by atoms with Crippen molar-refractivity contribution in [1.82, 2.24) is 0 Å². The monoisotopic (exact) mass is 350 g/mol. The molecule has 2 bridgehead atoms. The van der Waals surface area contributed by atoms with Crippen molar-refractivity contribution in [2.45, 2.75) is 51.0 Å². The van der Waals surface area contributed by atoms with Crippen LogP contribution < -0.4 is 0 Å². The number of fused-ring (bicyclic) bond motifs is 2. The van der Waals surface area contributed by atoms with Crippen LogP contribution in [-0.4, -0.2) is 37.2 Å². The van der Waals surface area contributed by atoms with Gasteiger partial charge in [-0.05, 0) is 50.4 Å². The molecular weight excluding hydrogens is 324 g/mol. The van der Waals surface area contributed by atoms with E-state index in [4.69, 9.17) is 14.2 Å². The Balaban J connectivity index is 1.56. The van der Waals surface area contributed by atoms with Gasteiger partial charge in [0.05, 0.1) is 18.9 Å². The Morgan fingerprint density at radius 3 is 2.20 bits per heavy atom. The molecule has 0 spiro atoms. The fraction of sp³-hybridized carbons (Fsp3) is 0.737. The highest BCUT2D eigenvalue weighted by molar-refractivity contribution is 5.85. The Labute approximate surface area is 147 Å². The van der Waals surface area contributed by atoms with E-state index in [2.05, 4.69) is 0 Å². The number of hydrogen-bond acceptors (Lipinski definition) is 6. The Morgan fingerprint density at radius 2 is 1.64 bits per heavy atom. The third-order valence-electron chi connectivity index (χ3n) is 6.03. The maximum absolute atomic E-state index is 12.5. The molecule has 138 valence electrons. The molecular formula is C19H26O6. The van der Waals surface area contributed by atoms with Crippen LogP contribution in [0.1, 0.15) is 45.4 Å². The van der Waals surface area contributed by atoms with Crippen molar-refractivity contribution in [3.63, 3.8) is 0 Å². The number of carbonyl (C=O) groups excluding carboxylic acids is 3. The lowest BCUT2D eigenvalue weighted by Gasteiger charge is -2.28. The van der Waals surface area contributed by atoms with Crippen molar-refractivity contribution in [3.05, 3.63) is 12.2 Å². The van der Waals surface area contributed by atoms with Crippen LogP contribution in [0.25, 0.3) is 0 Å². The standard InChI is InChI=1S/C19H26O6/c1-3-19(8-4-5-9-19)25-14(20)11-24-18(22)16-13-7-6-12(10-13)15(16)17(21)23-2/h6-7,12-13,15-16H,3-5,8-11H2,1-2H3. The summed E-state index contributed by atoms with van der Waals surface area (Å²) < 4.78 is 15.6.